The van der Waals surface area contributed by atoms with Gasteiger partial charge in [0.2, 0.25) is 0 Å². The maximum Gasteiger partial charge on any atom is 0.119 e. The summed E-state index contributed by atoms with van der Waals surface area (Å²) in [6.07, 6.45) is 1.02. The molecule has 2 aromatic carbocycles. The lowest BCUT2D eigenvalue weighted by Gasteiger charge is -2.25. The van der Waals surface area contributed by atoms with E-state index in [9.17, 15) is 0 Å². The largest absolute Gasteiger partial charge is 0.497 e. The molecule has 2 heterocycles. The maximum atomic E-state index is 5.66. The molecule has 0 aliphatic carbocycles. The highest BCUT2D eigenvalue weighted by Crippen LogP contribution is 2.35. The van der Waals surface area contributed by atoms with Crippen LogP contribution in [0.2, 0.25) is 0 Å². The van der Waals surface area contributed by atoms with E-state index in [0.717, 1.165) is 30.0 Å². The van der Waals surface area contributed by atoms with E-state index in [1.54, 1.807) is 7.11 Å². The zero-order chi connectivity index (χ0) is 16.5. The molecule has 0 spiro atoms. The Morgan fingerprint density at radius 2 is 2.04 bits per heavy atom. The Morgan fingerprint density at radius 3 is 2.88 bits per heavy atom. The van der Waals surface area contributed by atoms with Crippen molar-refractivity contribution in [2.75, 3.05) is 20.3 Å². The van der Waals surface area contributed by atoms with Gasteiger partial charge in [-0.15, -0.1) is 0 Å². The van der Waals surface area contributed by atoms with Crippen LogP contribution in [0.5, 0.6) is 11.5 Å². The first-order valence-corrected chi connectivity index (χ1v) is 8.44. The van der Waals surface area contributed by atoms with Gasteiger partial charge in [0.05, 0.1) is 19.8 Å². The van der Waals surface area contributed by atoms with Crippen molar-refractivity contribution in [3.63, 3.8) is 0 Å². The lowest BCUT2D eigenvalue weighted by atomic mass is 9.94. The molecule has 3 aromatic rings. The predicted octanol–water partition coefficient (Wildman–Crippen LogP) is 3.81. The number of hydrogen-bond donors (Lipinski definition) is 2. The Hall–Kier alpha value is -2.46. The number of rotatable bonds is 4. The van der Waals surface area contributed by atoms with Gasteiger partial charge in [-0.3, -0.25) is 0 Å². The molecule has 124 valence electrons. The van der Waals surface area contributed by atoms with Crippen molar-refractivity contribution in [3.8, 4) is 11.5 Å². The van der Waals surface area contributed by atoms with E-state index >= 15 is 0 Å². The zero-order valence-electron chi connectivity index (χ0n) is 14.1. The molecular formula is C20H22N2O2. The number of aromatic amines is 1. The standard InChI is InChI=1S/C20H22N2O2/c1-3-24-15-6-4-5-13(11-15)19-20-16(9-10-21-19)17-12-14(23-2)7-8-18(17)22-20/h4-8,11-12,19,21-22H,3,9-10H2,1-2H3. The number of benzene rings is 2. The van der Waals surface area contributed by atoms with Crippen molar-refractivity contribution >= 4 is 10.9 Å². The third-order valence-electron chi connectivity index (χ3n) is 4.66. The fourth-order valence-corrected chi connectivity index (χ4v) is 3.57. The molecule has 0 saturated heterocycles. The summed E-state index contributed by atoms with van der Waals surface area (Å²) in [5.41, 5.74) is 5.02. The Balaban J connectivity index is 1.80. The summed E-state index contributed by atoms with van der Waals surface area (Å²) in [7, 11) is 1.71. The first kappa shape index (κ1) is 15.1. The summed E-state index contributed by atoms with van der Waals surface area (Å²) in [6, 6.07) is 14.7. The van der Waals surface area contributed by atoms with Crippen molar-refractivity contribution < 1.29 is 9.47 Å². The van der Waals surface area contributed by atoms with Crippen molar-refractivity contribution in [1.29, 1.82) is 0 Å². The molecule has 0 saturated carbocycles. The van der Waals surface area contributed by atoms with Crippen molar-refractivity contribution in [3.05, 3.63) is 59.3 Å². The molecule has 1 aromatic heterocycles. The minimum atomic E-state index is 0.160. The molecule has 0 radical (unpaired) electrons. The van der Waals surface area contributed by atoms with Crippen LogP contribution in [-0.2, 0) is 6.42 Å². The van der Waals surface area contributed by atoms with Gasteiger partial charge in [0.1, 0.15) is 11.5 Å². The molecule has 0 amide bonds. The maximum absolute atomic E-state index is 5.66. The van der Waals surface area contributed by atoms with Gasteiger partial charge in [-0.1, -0.05) is 12.1 Å². The minimum Gasteiger partial charge on any atom is -0.497 e. The molecule has 1 aliphatic heterocycles. The van der Waals surface area contributed by atoms with Gasteiger partial charge in [0.15, 0.2) is 0 Å². The van der Waals surface area contributed by atoms with Gasteiger partial charge < -0.3 is 19.8 Å². The summed E-state index contributed by atoms with van der Waals surface area (Å²) in [5.74, 6) is 1.82. The van der Waals surface area contributed by atoms with E-state index in [1.807, 2.05) is 19.1 Å². The Morgan fingerprint density at radius 1 is 1.12 bits per heavy atom. The molecule has 4 nitrogen and oxygen atoms in total. The van der Waals surface area contributed by atoms with Crippen LogP contribution in [0.3, 0.4) is 0 Å². The topological polar surface area (TPSA) is 46.3 Å². The lowest BCUT2D eigenvalue weighted by molar-refractivity contribution is 0.339. The van der Waals surface area contributed by atoms with Gasteiger partial charge in [0.25, 0.3) is 0 Å². The normalized spacial score (nSPS) is 16.8. The molecular weight excluding hydrogens is 300 g/mol. The van der Waals surface area contributed by atoms with Gasteiger partial charge in [0, 0.05) is 23.1 Å². The van der Waals surface area contributed by atoms with E-state index in [0.29, 0.717) is 6.61 Å². The first-order valence-electron chi connectivity index (χ1n) is 8.44. The van der Waals surface area contributed by atoms with Crippen LogP contribution in [0.4, 0.5) is 0 Å². The number of aromatic nitrogens is 1. The smallest absolute Gasteiger partial charge is 0.119 e. The SMILES string of the molecule is CCOc1cccc(C2NCCc3c2[nH]c2ccc(OC)cc32)c1. The molecule has 1 atom stereocenters. The van der Waals surface area contributed by atoms with E-state index < -0.39 is 0 Å². The molecule has 4 heteroatoms. The second-order valence-electron chi connectivity index (χ2n) is 6.07. The van der Waals surface area contributed by atoms with Crippen molar-refractivity contribution in [2.24, 2.45) is 0 Å². The van der Waals surface area contributed by atoms with Crippen LogP contribution in [-0.4, -0.2) is 25.2 Å². The van der Waals surface area contributed by atoms with Crippen LogP contribution in [0.1, 0.15) is 29.8 Å². The molecule has 24 heavy (non-hydrogen) atoms. The average molecular weight is 322 g/mol. The van der Waals surface area contributed by atoms with Gasteiger partial charge >= 0.3 is 0 Å². The molecule has 1 aliphatic rings. The summed E-state index contributed by atoms with van der Waals surface area (Å²) in [4.78, 5) is 3.61. The number of hydrogen-bond acceptors (Lipinski definition) is 3. The van der Waals surface area contributed by atoms with Crippen molar-refractivity contribution in [1.82, 2.24) is 10.3 Å². The first-order chi connectivity index (χ1) is 11.8. The summed E-state index contributed by atoms with van der Waals surface area (Å²) >= 11 is 0. The fourth-order valence-electron chi connectivity index (χ4n) is 3.57. The monoisotopic (exact) mass is 322 g/mol. The molecule has 4 rings (SSSR count). The van der Waals surface area contributed by atoms with E-state index in [1.165, 1.54) is 22.2 Å². The van der Waals surface area contributed by atoms with E-state index in [-0.39, 0.29) is 6.04 Å². The number of H-pyrrole nitrogens is 1. The molecule has 0 fully saturated rings. The average Bonchev–Trinajstić information content (AvgIpc) is 3.00. The van der Waals surface area contributed by atoms with E-state index in [2.05, 4.69) is 40.6 Å². The lowest BCUT2D eigenvalue weighted by Crippen LogP contribution is -2.30. The Bertz CT molecular complexity index is 869. The zero-order valence-corrected chi connectivity index (χ0v) is 14.1. The van der Waals surface area contributed by atoms with Gasteiger partial charge in [-0.25, -0.2) is 0 Å². The summed E-state index contributed by atoms with van der Waals surface area (Å²) in [5, 5.41) is 4.89. The fraction of sp³-hybridized carbons (Fsp3) is 0.300. The summed E-state index contributed by atoms with van der Waals surface area (Å²) < 4.78 is 11.1. The summed E-state index contributed by atoms with van der Waals surface area (Å²) in [6.45, 7) is 3.65. The second kappa shape index (κ2) is 6.21. The third-order valence-corrected chi connectivity index (χ3v) is 4.66. The van der Waals surface area contributed by atoms with E-state index in [4.69, 9.17) is 9.47 Å². The molecule has 1 unspecified atom stereocenters. The second-order valence-corrected chi connectivity index (χ2v) is 6.07. The Kier molecular flexibility index (Phi) is 3.90. The number of nitrogens with one attached hydrogen (secondary N) is 2. The minimum absolute atomic E-state index is 0.160. The number of fused-ring (bicyclic) bond motifs is 3. The molecule has 0 bridgehead atoms. The van der Waals surface area contributed by atoms with Crippen LogP contribution in [0.25, 0.3) is 10.9 Å². The van der Waals surface area contributed by atoms with Crippen LogP contribution in [0, 0.1) is 0 Å². The Labute approximate surface area is 141 Å². The predicted molar refractivity (Wildman–Crippen MR) is 96.0 cm³/mol. The quantitative estimate of drug-likeness (QED) is 0.768. The van der Waals surface area contributed by atoms with Crippen LogP contribution < -0.4 is 14.8 Å². The molecule has 2 N–H and O–H groups in total. The van der Waals surface area contributed by atoms with Crippen LogP contribution >= 0.6 is 0 Å². The highest BCUT2D eigenvalue weighted by atomic mass is 16.5. The van der Waals surface area contributed by atoms with Crippen molar-refractivity contribution in [2.45, 2.75) is 19.4 Å². The highest BCUT2D eigenvalue weighted by Gasteiger charge is 2.25. The highest BCUT2D eigenvalue weighted by molar-refractivity contribution is 5.86. The van der Waals surface area contributed by atoms with Crippen LogP contribution in [0.15, 0.2) is 42.5 Å². The number of ether oxygens (including phenoxy) is 2. The van der Waals surface area contributed by atoms with Gasteiger partial charge in [-0.05, 0) is 54.8 Å². The van der Waals surface area contributed by atoms with Gasteiger partial charge in [-0.2, -0.15) is 0 Å². The number of methoxy groups -OCH3 is 1. The third kappa shape index (κ3) is 2.53.